The van der Waals surface area contributed by atoms with E-state index in [1.54, 1.807) is 29.8 Å². The summed E-state index contributed by atoms with van der Waals surface area (Å²) in [6, 6.07) is 5.54. The van der Waals surface area contributed by atoms with Crippen LogP contribution in [0.4, 0.5) is 5.69 Å². The number of aliphatic carboxylic acids is 1. The predicted octanol–water partition coefficient (Wildman–Crippen LogP) is 0.645. The molecule has 114 valence electrons. The smallest absolute Gasteiger partial charge is 0.317 e. The van der Waals surface area contributed by atoms with Crippen molar-refractivity contribution in [1.82, 2.24) is 4.90 Å². The van der Waals surface area contributed by atoms with E-state index in [4.69, 9.17) is 5.11 Å². The average molecular weight is 292 g/mol. The molecule has 0 spiro atoms. The first kappa shape index (κ1) is 15.5. The van der Waals surface area contributed by atoms with Crippen molar-refractivity contribution in [1.29, 1.82) is 0 Å². The van der Waals surface area contributed by atoms with Gasteiger partial charge in [0.2, 0.25) is 5.91 Å². The third-order valence-corrected chi connectivity index (χ3v) is 3.65. The van der Waals surface area contributed by atoms with Crippen LogP contribution in [0, 0.1) is 0 Å². The normalized spacial score (nSPS) is 15.1. The lowest BCUT2D eigenvalue weighted by molar-refractivity contribution is -0.138. The number of fused-ring (bicyclic) bond motifs is 1. The molecule has 1 aliphatic rings. The minimum Gasteiger partial charge on any atom is -0.480 e. The zero-order chi connectivity index (χ0) is 15.6. The first-order valence-corrected chi connectivity index (χ1v) is 6.88. The molecule has 0 saturated heterocycles. The highest BCUT2D eigenvalue weighted by molar-refractivity contribution is 5.93. The number of aliphatic hydroxyl groups excluding tert-OH is 1. The molecule has 6 heteroatoms. The Morgan fingerprint density at radius 2 is 2.14 bits per heavy atom. The Morgan fingerprint density at radius 3 is 2.76 bits per heavy atom. The molecule has 1 heterocycles. The number of aliphatic hydroxyl groups is 1. The Bertz CT molecular complexity index is 559. The SMILES string of the molecule is CC(=O)N1CCc2cc(C(O)CN(C)CC(=O)O)ccc21. The summed E-state index contributed by atoms with van der Waals surface area (Å²) in [6.07, 6.45) is 0.0338. The first-order chi connectivity index (χ1) is 9.88. The Hall–Kier alpha value is -1.92. The van der Waals surface area contributed by atoms with Gasteiger partial charge in [-0.3, -0.25) is 14.5 Å². The monoisotopic (exact) mass is 292 g/mol. The molecule has 0 saturated carbocycles. The highest BCUT2D eigenvalue weighted by Gasteiger charge is 2.23. The van der Waals surface area contributed by atoms with E-state index in [1.807, 2.05) is 12.1 Å². The topological polar surface area (TPSA) is 81.1 Å². The molecule has 2 rings (SSSR count). The quantitative estimate of drug-likeness (QED) is 0.832. The molecule has 6 nitrogen and oxygen atoms in total. The van der Waals surface area contributed by atoms with Crippen molar-refractivity contribution in [3.63, 3.8) is 0 Å². The maximum absolute atomic E-state index is 11.5. The van der Waals surface area contributed by atoms with E-state index in [-0.39, 0.29) is 19.0 Å². The second kappa shape index (κ2) is 6.24. The van der Waals surface area contributed by atoms with Crippen molar-refractivity contribution in [2.75, 3.05) is 31.6 Å². The van der Waals surface area contributed by atoms with Crippen molar-refractivity contribution >= 4 is 17.6 Å². The van der Waals surface area contributed by atoms with Crippen molar-refractivity contribution in [2.24, 2.45) is 0 Å². The van der Waals surface area contributed by atoms with Crippen LogP contribution < -0.4 is 4.90 Å². The van der Waals surface area contributed by atoms with Gasteiger partial charge in [-0.25, -0.2) is 0 Å². The standard InChI is InChI=1S/C15H20N2O4/c1-10(18)17-6-5-11-7-12(3-4-13(11)17)14(19)8-16(2)9-15(20)21/h3-4,7,14,19H,5-6,8-9H2,1-2H3,(H,20,21). The van der Waals surface area contributed by atoms with Gasteiger partial charge in [-0.15, -0.1) is 0 Å². The molecule has 1 aliphatic heterocycles. The molecule has 0 aliphatic carbocycles. The Morgan fingerprint density at radius 1 is 1.43 bits per heavy atom. The van der Waals surface area contributed by atoms with Crippen LogP contribution in [0.15, 0.2) is 18.2 Å². The fourth-order valence-electron chi connectivity index (χ4n) is 2.65. The number of hydrogen-bond acceptors (Lipinski definition) is 4. The third-order valence-electron chi connectivity index (χ3n) is 3.65. The second-order valence-corrected chi connectivity index (χ2v) is 5.42. The Kier molecular flexibility index (Phi) is 4.59. The lowest BCUT2D eigenvalue weighted by Crippen LogP contribution is -2.30. The van der Waals surface area contributed by atoms with E-state index < -0.39 is 12.1 Å². The minimum absolute atomic E-state index is 0.0169. The number of carboxylic acids is 1. The molecule has 21 heavy (non-hydrogen) atoms. The number of carboxylic acid groups (broad SMARTS) is 1. The van der Waals surface area contributed by atoms with Gasteiger partial charge in [0, 0.05) is 25.7 Å². The number of amides is 1. The molecule has 0 fully saturated rings. The van der Waals surface area contributed by atoms with Crippen LogP contribution in [-0.2, 0) is 16.0 Å². The summed E-state index contributed by atoms with van der Waals surface area (Å²) >= 11 is 0. The van der Waals surface area contributed by atoms with Gasteiger partial charge in [0.25, 0.3) is 0 Å². The second-order valence-electron chi connectivity index (χ2n) is 5.42. The molecule has 1 atom stereocenters. The number of carbonyl (C=O) groups is 2. The molecule has 0 aromatic heterocycles. The van der Waals surface area contributed by atoms with Gasteiger partial charge in [-0.1, -0.05) is 12.1 Å². The average Bonchev–Trinajstić information content (AvgIpc) is 2.80. The van der Waals surface area contributed by atoms with E-state index in [9.17, 15) is 14.7 Å². The molecule has 0 bridgehead atoms. The zero-order valence-electron chi connectivity index (χ0n) is 12.2. The molecular weight excluding hydrogens is 272 g/mol. The largest absolute Gasteiger partial charge is 0.480 e. The number of hydrogen-bond donors (Lipinski definition) is 2. The lowest BCUT2D eigenvalue weighted by atomic mass is 10.0. The van der Waals surface area contributed by atoms with E-state index in [0.29, 0.717) is 6.54 Å². The van der Waals surface area contributed by atoms with Gasteiger partial charge >= 0.3 is 5.97 Å². The van der Waals surface area contributed by atoms with Crippen LogP contribution in [0.1, 0.15) is 24.2 Å². The van der Waals surface area contributed by atoms with Gasteiger partial charge in [0.05, 0.1) is 12.6 Å². The van der Waals surface area contributed by atoms with Crippen molar-refractivity contribution in [2.45, 2.75) is 19.4 Å². The summed E-state index contributed by atoms with van der Waals surface area (Å²) in [7, 11) is 1.65. The number of likely N-dealkylation sites (N-methyl/N-ethyl adjacent to an activating group) is 1. The summed E-state index contributed by atoms with van der Waals surface area (Å²) < 4.78 is 0. The highest BCUT2D eigenvalue weighted by Crippen LogP contribution is 2.30. The number of nitrogens with zero attached hydrogens (tertiary/aromatic N) is 2. The van der Waals surface area contributed by atoms with Crippen LogP contribution in [0.25, 0.3) is 0 Å². The van der Waals surface area contributed by atoms with Crippen molar-refractivity contribution < 1.29 is 19.8 Å². The maximum atomic E-state index is 11.5. The summed E-state index contributed by atoms with van der Waals surface area (Å²) in [5, 5.41) is 18.9. The number of benzene rings is 1. The van der Waals surface area contributed by atoms with Crippen molar-refractivity contribution in [3.8, 4) is 0 Å². The van der Waals surface area contributed by atoms with Gasteiger partial charge in [-0.05, 0) is 30.7 Å². The highest BCUT2D eigenvalue weighted by atomic mass is 16.4. The molecule has 0 radical (unpaired) electrons. The van der Waals surface area contributed by atoms with Gasteiger partial charge < -0.3 is 15.1 Å². The van der Waals surface area contributed by atoms with Crippen LogP contribution in [0.5, 0.6) is 0 Å². The van der Waals surface area contributed by atoms with E-state index in [0.717, 1.165) is 23.2 Å². The van der Waals surface area contributed by atoms with Crippen LogP contribution >= 0.6 is 0 Å². The maximum Gasteiger partial charge on any atom is 0.317 e. The molecule has 1 aromatic carbocycles. The van der Waals surface area contributed by atoms with Crippen LogP contribution in [-0.4, -0.2) is 53.7 Å². The minimum atomic E-state index is -0.921. The van der Waals surface area contributed by atoms with E-state index in [1.165, 1.54) is 0 Å². The molecule has 2 N–H and O–H groups in total. The molecule has 1 aromatic rings. The Labute approximate surface area is 123 Å². The van der Waals surface area contributed by atoms with Crippen LogP contribution in [0.2, 0.25) is 0 Å². The summed E-state index contributed by atoms with van der Waals surface area (Å²) in [4.78, 5) is 25.4. The van der Waals surface area contributed by atoms with Crippen molar-refractivity contribution in [3.05, 3.63) is 29.3 Å². The van der Waals surface area contributed by atoms with E-state index >= 15 is 0 Å². The van der Waals surface area contributed by atoms with Gasteiger partial charge in [-0.2, -0.15) is 0 Å². The fraction of sp³-hybridized carbons (Fsp3) is 0.467. The summed E-state index contributed by atoms with van der Waals surface area (Å²) in [5.74, 6) is -0.904. The zero-order valence-corrected chi connectivity index (χ0v) is 12.2. The summed E-state index contributed by atoms with van der Waals surface area (Å²) in [6.45, 7) is 2.35. The van der Waals surface area contributed by atoms with Gasteiger partial charge in [0.1, 0.15) is 0 Å². The predicted molar refractivity (Wildman–Crippen MR) is 78.3 cm³/mol. The van der Waals surface area contributed by atoms with Gasteiger partial charge in [0.15, 0.2) is 0 Å². The summed E-state index contributed by atoms with van der Waals surface area (Å²) in [5.41, 5.74) is 2.69. The van der Waals surface area contributed by atoms with E-state index in [2.05, 4.69) is 0 Å². The molecular formula is C15H20N2O4. The number of carbonyl (C=O) groups excluding carboxylic acids is 1. The number of anilines is 1. The molecule has 1 unspecified atom stereocenters. The van der Waals surface area contributed by atoms with Crippen LogP contribution in [0.3, 0.4) is 0 Å². The fourth-order valence-corrected chi connectivity index (χ4v) is 2.65. The Balaban J connectivity index is 2.09. The first-order valence-electron chi connectivity index (χ1n) is 6.88. The number of rotatable bonds is 5. The third kappa shape index (κ3) is 3.59. The lowest BCUT2D eigenvalue weighted by Gasteiger charge is -2.20. The molecule has 1 amide bonds.